The predicted molar refractivity (Wildman–Crippen MR) is 57.9 cm³/mol. The zero-order chi connectivity index (χ0) is 9.84. The van der Waals surface area contributed by atoms with E-state index in [2.05, 4.69) is 39.0 Å². The van der Waals surface area contributed by atoms with Gasteiger partial charge in [-0.1, -0.05) is 29.3 Å². The monoisotopic (exact) mass is 177 g/mol. The summed E-state index contributed by atoms with van der Waals surface area (Å²) in [7, 11) is 0. The fourth-order valence-electron chi connectivity index (χ4n) is 1.61. The van der Waals surface area contributed by atoms with Crippen molar-refractivity contribution in [3.8, 4) is 0 Å². The van der Waals surface area contributed by atoms with Gasteiger partial charge in [0.05, 0.1) is 0 Å². The van der Waals surface area contributed by atoms with Gasteiger partial charge < -0.3 is 5.73 Å². The average molecular weight is 177 g/mol. The zero-order valence-corrected chi connectivity index (χ0v) is 8.80. The molecule has 0 aliphatic carbocycles. The number of benzene rings is 1. The normalized spacial score (nSPS) is 12.9. The summed E-state index contributed by atoms with van der Waals surface area (Å²) in [5.41, 5.74) is 9.82. The van der Waals surface area contributed by atoms with Gasteiger partial charge in [0.25, 0.3) is 0 Å². The van der Waals surface area contributed by atoms with Crippen molar-refractivity contribution < 1.29 is 0 Å². The van der Waals surface area contributed by atoms with Crippen LogP contribution in [0.3, 0.4) is 0 Å². The van der Waals surface area contributed by atoms with Crippen molar-refractivity contribution in [2.45, 2.75) is 39.7 Å². The van der Waals surface area contributed by atoms with Crippen molar-refractivity contribution in [3.63, 3.8) is 0 Å². The van der Waals surface area contributed by atoms with Crippen molar-refractivity contribution in [2.75, 3.05) is 0 Å². The molecule has 2 N–H and O–H groups in total. The highest BCUT2D eigenvalue weighted by Gasteiger charge is 1.98. The molecule has 0 heterocycles. The van der Waals surface area contributed by atoms with Crippen LogP contribution in [0.2, 0.25) is 0 Å². The maximum absolute atomic E-state index is 5.72. The Labute approximate surface area is 81.0 Å². The number of nitrogens with two attached hydrogens (primary N) is 1. The smallest absolute Gasteiger partial charge is 0.00136 e. The Morgan fingerprint density at radius 3 is 2.15 bits per heavy atom. The van der Waals surface area contributed by atoms with Crippen molar-refractivity contribution in [3.05, 3.63) is 34.9 Å². The maximum Gasteiger partial charge on any atom is 0.00136 e. The molecule has 0 spiro atoms. The fourth-order valence-corrected chi connectivity index (χ4v) is 1.61. The zero-order valence-electron chi connectivity index (χ0n) is 8.80. The average Bonchev–Trinajstić information content (AvgIpc) is 1.99. The van der Waals surface area contributed by atoms with Gasteiger partial charge in [0.2, 0.25) is 0 Å². The number of rotatable bonds is 3. The molecule has 0 aliphatic heterocycles. The van der Waals surface area contributed by atoms with Crippen molar-refractivity contribution in [2.24, 2.45) is 5.73 Å². The second-order valence-electron chi connectivity index (χ2n) is 4.01. The Kier molecular flexibility index (Phi) is 3.49. The van der Waals surface area contributed by atoms with Crippen LogP contribution in [-0.2, 0) is 6.42 Å². The number of hydrogen-bond donors (Lipinski definition) is 1. The minimum Gasteiger partial charge on any atom is -0.328 e. The second kappa shape index (κ2) is 4.43. The van der Waals surface area contributed by atoms with Gasteiger partial charge in [-0.2, -0.15) is 0 Å². The van der Waals surface area contributed by atoms with Crippen LogP contribution in [0.4, 0.5) is 0 Å². The minimum absolute atomic E-state index is 0.306. The van der Waals surface area contributed by atoms with Crippen LogP contribution in [0, 0.1) is 13.8 Å². The molecule has 0 aliphatic rings. The lowest BCUT2D eigenvalue weighted by atomic mass is 10.0. The molecule has 0 bridgehead atoms. The Morgan fingerprint density at radius 1 is 1.15 bits per heavy atom. The van der Waals surface area contributed by atoms with Crippen LogP contribution in [-0.4, -0.2) is 6.04 Å². The lowest BCUT2D eigenvalue weighted by Gasteiger charge is -2.06. The van der Waals surface area contributed by atoms with Crippen LogP contribution < -0.4 is 5.73 Å². The van der Waals surface area contributed by atoms with E-state index < -0.39 is 0 Å². The molecule has 0 aromatic heterocycles. The third-order valence-corrected chi connectivity index (χ3v) is 2.17. The van der Waals surface area contributed by atoms with Crippen LogP contribution in [0.1, 0.15) is 30.0 Å². The molecule has 0 saturated heterocycles. The Balaban J connectivity index is 2.66. The molecule has 1 aromatic rings. The van der Waals surface area contributed by atoms with E-state index in [9.17, 15) is 0 Å². The van der Waals surface area contributed by atoms with Crippen LogP contribution >= 0.6 is 0 Å². The largest absolute Gasteiger partial charge is 0.328 e. The van der Waals surface area contributed by atoms with Gasteiger partial charge in [-0.15, -0.1) is 0 Å². The lowest BCUT2D eigenvalue weighted by Crippen LogP contribution is -2.15. The maximum atomic E-state index is 5.72. The van der Waals surface area contributed by atoms with Gasteiger partial charge in [-0.05, 0) is 39.2 Å². The van der Waals surface area contributed by atoms with Crippen molar-refractivity contribution >= 4 is 0 Å². The molecule has 0 saturated carbocycles. The molecule has 1 nitrogen and oxygen atoms in total. The van der Waals surface area contributed by atoms with E-state index in [1.165, 1.54) is 16.7 Å². The van der Waals surface area contributed by atoms with E-state index in [1.54, 1.807) is 0 Å². The highest BCUT2D eigenvalue weighted by molar-refractivity contribution is 5.28. The summed E-state index contributed by atoms with van der Waals surface area (Å²) >= 11 is 0. The lowest BCUT2D eigenvalue weighted by molar-refractivity contribution is 0.665. The van der Waals surface area contributed by atoms with E-state index in [4.69, 9.17) is 5.73 Å². The molecule has 1 rings (SSSR count). The SMILES string of the molecule is Cc1cc(C)cc(CC[C@H](C)N)c1. The van der Waals surface area contributed by atoms with Gasteiger partial charge >= 0.3 is 0 Å². The molecule has 13 heavy (non-hydrogen) atoms. The molecule has 0 fully saturated rings. The van der Waals surface area contributed by atoms with E-state index in [-0.39, 0.29) is 0 Å². The topological polar surface area (TPSA) is 26.0 Å². The first-order valence-electron chi connectivity index (χ1n) is 4.90. The van der Waals surface area contributed by atoms with E-state index >= 15 is 0 Å². The first-order valence-corrected chi connectivity index (χ1v) is 4.90. The first-order chi connectivity index (χ1) is 6.08. The van der Waals surface area contributed by atoms with Crippen LogP contribution in [0.15, 0.2) is 18.2 Å². The molecule has 1 atom stereocenters. The summed E-state index contributed by atoms with van der Waals surface area (Å²) in [6, 6.07) is 7.00. The third kappa shape index (κ3) is 3.60. The summed E-state index contributed by atoms with van der Waals surface area (Å²) in [6.07, 6.45) is 2.17. The summed E-state index contributed by atoms with van der Waals surface area (Å²) in [6.45, 7) is 6.34. The van der Waals surface area contributed by atoms with E-state index in [0.717, 1.165) is 12.8 Å². The standard InChI is InChI=1S/C12H19N/c1-9-6-10(2)8-12(7-9)5-4-11(3)13/h6-8,11H,4-5,13H2,1-3H3/t11-/m0/s1. The quantitative estimate of drug-likeness (QED) is 0.754. The third-order valence-electron chi connectivity index (χ3n) is 2.17. The van der Waals surface area contributed by atoms with Gasteiger partial charge in [0.15, 0.2) is 0 Å². The molecule has 1 heteroatoms. The summed E-state index contributed by atoms with van der Waals surface area (Å²) < 4.78 is 0. The van der Waals surface area contributed by atoms with Crippen LogP contribution in [0.5, 0.6) is 0 Å². The van der Waals surface area contributed by atoms with Crippen molar-refractivity contribution in [1.82, 2.24) is 0 Å². The van der Waals surface area contributed by atoms with E-state index in [1.807, 2.05) is 0 Å². The first kappa shape index (κ1) is 10.3. The molecule has 0 amide bonds. The highest BCUT2D eigenvalue weighted by atomic mass is 14.6. The molecule has 0 unspecified atom stereocenters. The molecule has 0 radical (unpaired) electrons. The molecule has 72 valence electrons. The van der Waals surface area contributed by atoms with Gasteiger partial charge in [-0.3, -0.25) is 0 Å². The Morgan fingerprint density at radius 2 is 1.69 bits per heavy atom. The summed E-state index contributed by atoms with van der Waals surface area (Å²) in [5.74, 6) is 0. The summed E-state index contributed by atoms with van der Waals surface area (Å²) in [5, 5.41) is 0. The fraction of sp³-hybridized carbons (Fsp3) is 0.500. The Hall–Kier alpha value is -0.820. The number of aryl methyl sites for hydroxylation is 3. The van der Waals surface area contributed by atoms with E-state index in [0.29, 0.717) is 6.04 Å². The summed E-state index contributed by atoms with van der Waals surface area (Å²) in [4.78, 5) is 0. The highest BCUT2D eigenvalue weighted by Crippen LogP contribution is 2.11. The van der Waals surface area contributed by atoms with Crippen molar-refractivity contribution in [1.29, 1.82) is 0 Å². The minimum atomic E-state index is 0.306. The molecular weight excluding hydrogens is 158 g/mol. The van der Waals surface area contributed by atoms with Gasteiger partial charge in [0.1, 0.15) is 0 Å². The molecular formula is C12H19N. The van der Waals surface area contributed by atoms with Gasteiger partial charge in [0, 0.05) is 6.04 Å². The second-order valence-corrected chi connectivity index (χ2v) is 4.01. The predicted octanol–water partition coefficient (Wildman–Crippen LogP) is 2.58. The number of hydrogen-bond acceptors (Lipinski definition) is 1. The van der Waals surface area contributed by atoms with Gasteiger partial charge in [-0.25, -0.2) is 0 Å². The molecule has 1 aromatic carbocycles. The van der Waals surface area contributed by atoms with Crippen LogP contribution in [0.25, 0.3) is 0 Å². The Bertz CT molecular complexity index is 256.